The summed E-state index contributed by atoms with van der Waals surface area (Å²) in [4.78, 5) is 14.5. The van der Waals surface area contributed by atoms with E-state index in [4.69, 9.17) is 0 Å². The van der Waals surface area contributed by atoms with Crippen LogP contribution in [0.5, 0.6) is 0 Å². The summed E-state index contributed by atoms with van der Waals surface area (Å²) >= 11 is 1.67. The summed E-state index contributed by atoms with van der Waals surface area (Å²) in [5, 5.41) is 4.26. The molecule has 0 unspecified atom stereocenters. The van der Waals surface area contributed by atoms with Gasteiger partial charge >= 0.3 is 0 Å². The van der Waals surface area contributed by atoms with Crippen LogP contribution < -0.4 is 0 Å². The second-order valence-corrected chi connectivity index (χ2v) is 7.12. The van der Waals surface area contributed by atoms with E-state index in [1.807, 2.05) is 29.8 Å². The Morgan fingerprint density at radius 2 is 2.00 bits per heavy atom. The zero-order chi connectivity index (χ0) is 16.8. The van der Waals surface area contributed by atoms with Crippen LogP contribution in [0.4, 0.5) is 0 Å². The number of rotatable bonds is 4. The Balaban J connectivity index is 1.95. The van der Waals surface area contributed by atoms with Crippen LogP contribution in [0, 0.1) is 6.92 Å². The van der Waals surface area contributed by atoms with Crippen molar-refractivity contribution < 1.29 is 4.79 Å². The van der Waals surface area contributed by atoms with Gasteiger partial charge in [0.1, 0.15) is 4.83 Å². The van der Waals surface area contributed by atoms with Crippen molar-refractivity contribution in [2.75, 3.05) is 0 Å². The molecular formula is C20H20N2OS. The average molecular weight is 336 g/mol. The minimum Gasteiger partial charge on any atom is -0.344 e. The number of nitrogens with zero attached hydrogens (tertiary/aromatic N) is 2. The van der Waals surface area contributed by atoms with Gasteiger partial charge in [0, 0.05) is 35.6 Å². The predicted octanol–water partition coefficient (Wildman–Crippen LogP) is 5.14. The predicted molar refractivity (Wildman–Crippen MR) is 101 cm³/mol. The first kappa shape index (κ1) is 15.2. The lowest BCUT2D eigenvalue weighted by Gasteiger charge is -2.07. The van der Waals surface area contributed by atoms with Crippen LogP contribution in [0.2, 0.25) is 0 Å². The molecule has 0 N–H and O–H groups in total. The molecule has 0 spiro atoms. The van der Waals surface area contributed by atoms with Crippen LogP contribution in [0.3, 0.4) is 0 Å². The third kappa shape index (κ3) is 2.06. The van der Waals surface area contributed by atoms with Gasteiger partial charge in [-0.2, -0.15) is 0 Å². The van der Waals surface area contributed by atoms with Gasteiger partial charge in [-0.15, -0.1) is 11.3 Å². The normalized spacial score (nSPS) is 11.6. The van der Waals surface area contributed by atoms with Gasteiger partial charge in [0.15, 0.2) is 0 Å². The number of fused-ring (bicyclic) bond motifs is 2. The number of aromatic nitrogens is 2. The first-order valence-electron chi connectivity index (χ1n) is 8.29. The van der Waals surface area contributed by atoms with E-state index in [9.17, 15) is 4.79 Å². The van der Waals surface area contributed by atoms with Gasteiger partial charge in [-0.25, -0.2) is 0 Å². The van der Waals surface area contributed by atoms with Crippen molar-refractivity contribution in [1.29, 1.82) is 0 Å². The molecule has 0 aliphatic carbocycles. The Labute approximate surface area is 145 Å². The molecule has 0 saturated carbocycles. The number of hydrogen-bond acceptors (Lipinski definition) is 2. The fourth-order valence-corrected chi connectivity index (χ4v) is 4.49. The van der Waals surface area contributed by atoms with E-state index in [0.29, 0.717) is 0 Å². The minimum absolute atomic E-state index is 0.115. The number of benzene rings is 1. The molecule has 4 aromatic rings. The number of para-hydroxylation sites is 1. The summed E-state index contributed by atoms with van der Waals surface area (Å²) in [7, 11) is 1.98. The maximum absolute atomic E-state index is 13.4. The molecule has 1 aromatic carbocycles. The molecule has 0 bridgehead atoms. The molecule has 0 amide bonds. The Morgan fingerprint density at radius 1 is 1.21 bits per heavy atom. The summed E-state index contributed by atoms with van der Waals surface area (Å²) in [6, 6.07) is 12.3. The number of hydrogen-bond donors (Lipinski definition) is 0. The Morgan fingerprint density at radius 3 is 2.75 bits per heavy atom. The fourth-order valence-electron chi connectivity index (χ4n) is 3.62. The van der Waals surface area contributed by atoms with E-state index in [1.54, 1.807) is 11.3 Å². The molecule has 4 rings (SSSR count). The van der Waals surface area contributed by atoms with Gasteiger partial charge in [-0.1, -0.05) is 25.1 Å². The number of aryl methyl sites for hydroxylation is 2. The quantitative estimate of drug-likeness (QED) is 0.474. The highest BCUT2D eigenvalue weighted by atomic mass is 32.1. The summed E-state index contributed by atoms with van der Waals surface area (Å²) in [5.74, 6) is 0.115. The van der Waals surface area contributed by atoms with Gasteiger partial charge in [0.05, 0.1) is 11.3 Å². The van der Waals surface area contributed by atoms with Crippen LogP contribution in [-0.4, -0.2) is 14.9 Å². The topological polar surface area (TPSA) is 26.9 Å². The van der Waals surface area contributed by atoms with Gasteiger partial charge in [0.25, 0.3) is 0 Å². The molecule has 0 aliphatic rings. The molecule has 24 heavy (non-hydrogen) atoms. The van der Waals surface area contributed by atoms with E-state index in [1.165, 1.54) is 0 Å². The van der Waals surface area contributed by atoms with Crippen molar-refractivity contribution in [2.45, 2.75) is 26.8 Å². The van der Waals surface area contributed by atoms with Crippen molar-refractivity contribution in [2.24, 2.45) is 7.05 Å². The maximum atomic E-state index is 13.4. The first-order valence-corrected chi connectivity index (χ1v) is 9.17. The molecule has 0 atom stereocenters. The molecule has 0 radical (unpaired) electrons. The SMILES string of the molecule is CCCn1c(C)c(C(=O)c2cc3ccsc3n2C)c2ccccc21. The summed E-state index contributed by atoms with van der Waals surface area (Å²) in [5.41, 5.74) is 3.82. The van der Waals surface area contributed by atoms with E-state index < -0.39 is 0 Å². The molecular weight excluding hydrogens is 316 g/mol. The van der Waals surface area contributed by atoms with Crippen LogP contribution in [0.1, 0.15) is 35.1 Å². The van der Waals surface area contributed by atoms with Crippen molar-refractivity contribution in [1.82, 2.24) is 9.13 Å². The molecule has 0 saturated heterocycles. The van der Waals surface area contributed by atoms with Gasteiger partial charge in [-0.05, 0) is 36.9 Å². The minimum atomic E-state index is 0.115. The third-order valence-electron chi connectivity index (χ3n) is 4.77. The zero-order valence-corrected chi connectivity index (χ0v) is 15.0. The Kier molecular flexibility index (Phi) is 3.57. The molecule has 3 heterocycles. The third-order valence-corrected chi connectivity index (χ3v) is 5.78. The number of ketones is 1. The summed E-state index contributed by atoms with van der Waals surface area (Å²) in [6.07, 6.45) is 1.05. The van der Waals surface area contributed by atoms with Crippen LogP contribution in [0.25, 0.3) is 21.1 Å². The van der Waals surface area contributed by atoms with Gasteiger partial charge in [-0.3, -0.25) is 4.79 Å². The van der Waals surface area contributed by atoms with Crippen molar-refractivity contribution in [3.05, 3.63) is 58.7 Å². The maximum Gasteiger partial charge on any atom is 0.211 e. The zero-order valence-electron chi connectivity index (χ0n) is 14.2. The molecule has 0 fully saturated rings. The van der Waals surface area contributed by atoms with Gasteiger partial charge < -0.3 is 9.13 Å². The lowest BCUT2D eigenvalue weighted by Crippen LogP contribution is -2.09. The smallest absolute Gasteiger partial charge is 0.211 e. The fraction of sp³-hybridized carbons (Fsp3) is 0.250. The number of carbonyl (C=O) groups is 1. The van der Waals surface area contributed by atoms with E-state index in [-0.39, 0.29) is 5.78 Å². The number of carbonyl (C=O) groups excluding carboxylic acids is 1. The molecule has 122 valence electrons. The van der Waals surface area contributed by atoms with Crippen molar-refractivity contribution in [3.63, 3.8) is 0 Å². The number of thiophene rings is 1. The Hall–Kier alpha value is -2.33. The second-order valence-electron chi connectivity index (χ2n) is 6.23. The summed E-state index contributed by atoms with van der Waals surface area (Å²) in [6.45, 7) is 5.16. The summed E-state index contributed by atoms with van der Waals surface area (Å²) < 4.78 is 4.29. The first-order chi connectivity index (χ1) is 11.6. The van der Waals surface area contributed by atoms with Crippen molar-refractivity contribution >= 4 is 38.2 Å². The second kappa shape index (κ2) is 5.64. The van der Waals surface area contributed by atoms with Crippen LogP contribution in [0.15, 0.2) is 41.8 Å². The molecule has 3 aromatic heterocycles. The highest BCUT2D eigenvalue weighted by Crippen LogP contribution is 2.31. The van der Waals surface area contributed by atoms with Crippen LogP contribution in [-0.2, 0) is 13.6 Å². The highest BCUT2D eigenvalue weighted by Gasteiger charge is 2.23. The molecule has 0 aliphatic heterocycles. The Bertz CT molecular complexity index is 1060. The monoisotopic (exact) mass is 336 g/mol. The highest BCUT2D eigenvalue weighted by molar-refractivity contribution is 7.16. The van der Waals surface area contributed by atoms with E-state index in [2.05, 4.69) is 42.0 Å². The lowest BCUT2D eigenvalue weighted by molar-refractivity contribution is 0.103. The lowest BCUT2D eigenvalue weighted by atomic mass is 10.0. The largest absolute Gasteiger partial charge is 0.344 e. The molecule has 3 nitrogen and oxygen atoms in total. The van der Waals surface area contributed by atoms with E-state index >= 15 is 0 Å². The van der Waals surface area contributed by atoms with Gasteiger partial charge in [0.2, 0.25) is 5.78 Å². The van der Waals surface area contributed by atoms with E-state index in [0.717, 1.165) is 51.0 Å². The van der Waals surface area contributed by atoms with Crippen molar-refractivity contribution in [3.8, 4) is 0 Å². The van der Waals surface area contributed by atoms with Crippen LogP contribution >= 0.6 is 11.3 Å². The molecule has 4 heteroatoms. The average Bonchev–Trinajstić information content (AvgIpc) is 3.23. The standard InChI is InChI=1S/C20H20N2OS/c1-4-10-22-13(2)18(15-7-5-6-8-16(15)22)19(23)17-12-14-9-11-24-20(14)21(17)3/h5-9,11-12H,4,10H2,1-3H3.